The SMILES string of the molecule is N#Cc1ccc(Oc2ccc(NCc3cnc(Cl)s3)cc2)cc1C#N. The molecular weight excluding hydrogens is 356 g/mol. The van der Waals surface area contributed by atoms with E-state index in [4.69, 9.17) is 26.9 Å². The third-order valence-corrected chi connectivity index (χ3v) is 4.43. The molecule has 0 atom stereocenters. The molecule has 0 radical (unpaired) electrons. The number of anilines is 1. The molecule has 0 spiro atoms. The second-order valence-electron chi connectivity index (χ2n) is 4.99. The van der Waals surface area contributed by atoms with E-state index in [1.54, 1.807) is 24.4 Å². The maximum absolute atomic E-state index is 9.05. The molecule has 5 nitrogen and oxygen atoms in total. The highest BCUT2D eigenvalue weighted by Gasteiger charge is 2.05. The fourth-order valence-corrected chi connectivity index (χ4v) is 3.03. The third-order valence-electron chi connectivity index (χ3n) is 3.31. The van der Waals surface area contributed by atoms with Gasteiger partial charge in [0.1, 0.15) is 23.6 Å². The number of hydrogen-bond donors (Lipinski definition) is 1. The van der Waals surface area contributed by atoms with Gasteiger partial charge in [-0.3, -0.25) is 0 Å². The van der Waals surface area contributed by atoms with Crippen LogP contribution in [0.1, 0.15) is 16.0 Å². The molecule has 0 unspecified atom stereocenters. The summed E-state index contributed by atoms with van der Waals surface area (Å²) in [5.41, 5.74) is 1.56. The summed E-state index contributed by atoms with van der Waals surface area (Å²) < 4.78 is 6.26. The summed E-state index contributed by atoms with van der Waals surface area (Å²) in [6.07, 6.45) is 1.75. The molecule has 25 heavy (non-hydrogen) atoms. The molecule has 0 saturated carbocycles. The van der Waals surface area contributed by atoms with Crippen molar-refractivity contribution in [1.82, 2.24) is 4.98 Å². The number of hydrogen-bond acceptors (Lipinski definition) is 6. The molecule has 0 aliphatic carbocycles. The highest BCUT2D eigenvalue weighted by atomic mass is 35.5. The van der Waals surface area contributed by atoms with Crippen LogP contribution in [0.5, 0.6) is 11.5 Å². The highest BCUT2D eigenvalue weighted by Crippen LogP contribution is 2.25. The van der Waals surface area contributed by atoms with E-state index in [2.05, 4.69) is 10.3 Å². The van der Waals surface area contributed by atoms with Crippen molar-refractivity contribution >= 4 is 28.6 Å². The van der Waals surface area contributed by atoms with Crippen LogP contribution in [-0.4, -0.2) is 4.98 Å². The fraction of sp³-hybridized carbons (Fsp3) is 0.0556. The summed E-state index contributed by atoms with van der Waals surface area (Å²) in [7, 11) is 0. The van der Waals surface area contributed by atoms with E-state index in [0.717, 1.165) is 10.6 Å². The van der Waals surface area contributed by atoms with Crippen LogP contribution >= 0.6 is 22.9 Å². The number of nitrogens with zero attached hydrogens (tertiary/aromatic N) is 3. The average molecular weight is 367 g/mol. The zero-order valence-electron chi connectivity index (χ0n) is 12.9. The standard InChI is InChI=1S/C18H11ClN4OS/c19-18-23-11-17(25-18)10-22-14-2-5-15(6-3-14)24-16-4-1-12(8-20)13(7-16)9-21/h1-7,11,22H,10H2. The summed E-state index contributed by atoms with van der Waals surface area (Å²) in [5.74, 6) is 1.15. The fourth-order valence-electron chi connectivity index (χ4n) is 2.11. The lowest BCUT2D eigenvalue weighted by atomic mass is 10.1. The van der Waals surface area contributed by atoms with E-state index in [1.807, 2.05) is 36.4 Å². The van der Waals surface area contributed by atoms with Crippen LogP contribution in [0, 0.1) is 22.7 Å². The first-order chi connectivity index (χ1) is 12.2. The van der Waals surface area contributed by atoms with Gasteiger partial charge in [0.05, 0.1) is 17.7 Å². The molecule has 3 rings (SSSR count). The van der Waals surface area contributed by atoms with Gasteiger partial charge in [0.2, 0.25) is 0 Å². The zero-order chi connectivity index (χ0) is 17.6. The van der Waals surface area contributed by atoms with E-state index in [-0.39, 0.29) is 0 Å². The van der Waals surface area contributed by atoms with Crippen molar-refractivity contribution in [2.75, 3.05) is 5.32 Å². The molecule has 0 bridgehead atoms. The van der Waals surface area contributed by atoms with Crippen LogP contribution in [0.4, 0.5) is 5.69 Å². The Morgan fingerprint density at radius 2 is 1.76 bits per heavy atom. The van der Waals surface area contributed by atoms with Crippen molar-refractivity contribution in [2.45, 2.75) is 6.54 Å². The van der Waals surface area contributed by atoms with E-state index in [1.165, 1.54) is 11.3 Å². The second kappa shape index (κ2) is 7.67. The van der Waals surface area contributed by atoms with E-state index < -0.39 is 0 Å². The Labute approximate surface area is 153 Å². The van der Waals surface area contributed by atoms with Gasteiger partial charge in [-0.25, -0.2) is 4.98 Å². The Hall–Kier alpha value is -3.06. The van der Waals surface area contributed by atoms with Crippen molar-refractivity contribution in [2.24, 2.45) is 0 Å². The Bertz CT molecular complexity index is 970. The summed E-state index contributed by atoms with van der Waals surface area (Å²) in [4.78, 5) is 5.05. The molecule has 1 N–H and O–H groups in total. The Balaban J connectivity index is 1.64. The maximum atomic E-state index is 9.05. The summed E-state index contributed by atoms with van der Waals surface area (Å²) in [5, 5.41) is 21.3. The van der Waals surface area contributed by atoms with Crippen molar-refractivity contribution < 1.29 is 4.74 Å². The molecule has 0 amide bonds. The third kappa shape index (κ3) is 4.27. The van der Waals surface area contributed by atoms with Crippen LogP contribution in [0.2, 0.25) is 4.47 Å². The Morgan fingerprint density at radius 3 is 2.40 bits per heavy atom. The second-order valence-corrected chi connectivity index (χ2v) is 6.69. The van der Waals surface area contributed by atoms with Crippen LogP contribution < -0.4 is 10.1 Å². The van der Waals surface area contributed by atoms with E-state index in [9.17, 15) is 0 Å². The molecule has 0 aliphatic heterocycles. The van der Waals surface area contributed by atoms with E-state index >= 15 is 0 Å². The van der Waals surface area contributed by atoms with Crippen LogP contribution in [0.15, 0.2) is 48.7 Å². The summed E-state index contributed by atoms with van der Waals surface area (Å²) in [6, 6.07) is 16.2. The lowest BCUT2D eigenvalue weighted by Gasteiger charge is -2.08. The molecule has 3 aromatic rings. The molecule has 1 heterocycles. The molecular formula is C18H11ClN4OS. The normalized spacial score (nSPS) is 9.88. The minimum atomic E-state index is 0.293. The lowest BCUT2D eigenvalue weighted by molar-refractivity contribution is 0.482. The van der Waals surface area contributed by atoms with Crippen LogP contribution in [-0.2, 0) is 6.54 Å². The Morgan fingerprint density at radius 1 is 1.04 bits per heavy atom. The topological polar surface area (TPSA) is 81.7 Å². The van der Waals surface area contributed by atoms with Gasteiger partial charge in [0.15, 0.2) is 4.47 Å². The number of aromatic nitrogens is 1. The summed E-state index contributed by atoms with van der Waals surface area (Å²) in [6.45, 7) is 0.645. The predicted molar refractivity (Wildman–Crippen MR) is 96.8 cm³/mol. The number of thiazole rings is 1. The average Bonchev–Trinajstić information content (AvgIpc) is 3.06. The molecule has 7 heteroatoms. The number of rotatable bonds is 5. The monoisotopic (exact) mass is 366 g/mol. The van der Waals surface area contributed by atoms with Gasteiger partial charge < -0.3 is 10.1 Å². The number of nitriles is 2. The first kappa shape index (κ1) is 16.8. The van der Waals surface area contributed by atoms with Gasteiger partial charge in [0.25, 0.3) is 0 Å². The number of halogens is 1. The largest absolute Gasteiger partial charge is 0.457 e. The van der Waals surface area contributed by atoms with Gasteiger partial charge in [-0.05, 0) is 42.5 Å². The smallest absolute Gasteiger partial charge is 0.183 e. The molecule has 1 aromatic heterocycles. The molecule has 0 fully saturated rings. The van der Waals surface area contributed by atoms with Crippen molar-refractivity contribution in [3.63, 3.8) is 0 Å². The van der Waals surface area contributed by atoms with Gasteiger partial charge in [-0.2, -0.15) is 10.5 Å². The summed E-state index contributed by atoms with van der Waals surface area (Å²) >= 11 is 7.24. The number of ether oxygens (including phenoxy) is 1. The van der Waals surface area contributed by atoms with E-state index in [0.29, 0.717) is 33.6 Å². The van der Waals surface area contributed by atoms with Gasteiger partial charge >= 0.3 is 0 Å². The number of benzene rings is 2. The predicted octanol–water partition coefficient (Wildman–Crippen LogP) is 4.94. The van der Waals surface area contributed by atoms with Gasteiger partial charge in [0, 0.05) is 16.8 Å². The lowest BCUT2D eigenvalue weighted by Crippen LogP contribution is -1.97. The molecule has 122 valence electrons. The quantitative estimate of drug-likeness (QED) is 0.691. The highest BCUT2D eigenvalue weighted by molar-refractivity contribution is 7.15. The van der Waals surface area contributed by atoms with Crippen molar-refractivity contribution in [3.05, 3.63) is 69.1 Å². The first-order valence-electron chi connectivity index (χ1n) is 7.24. The molecule has 2 aromatic carbocycles. The van der Waals surface area contributed by atoms with Gasteiger partial charge in [-0.15, -0.1) is 11.3 Å². The minimum absolute atomic E-state index is 0.293. The van der Waals surface area contributed by atoms with Crippen molar-refractivity contribution in [1.29, 1.82) is 10.5 Å². The van der Waals surface area contributed by atoms with Crippen LogP contribution in [0.3, 0.4) is 0 Å². The van der Waals surface area contributed by atoms with Crippen LogP contribution in [0.25, 0.3) is 0 Å². The molecule has 0 aliphatic rings. The number of nitrogens with one attached hydrogen (secondary N) is 1. The minimum Gasteiger partial charge on any atom is -0.457 e. The first-order valence-corrected chi connectivity index (χ1v) is 8.43. The van der Waals surface area contributed by atoms with Gasteiger partial charge in [-0.1, -0.05) is 11.6 Å². The zero-order valence-corrected chi connectivity index (χ0v) is 14.4. The Kier molecular flexibility index (Phi) is 5.15. The van der Waals surface area contributed by atoms with Crippen molar-refractivity contribution in [3.8, 4) is 23.6 Å². The molecule has 0 saturated heterocycles. The maximum Gasteiger partial charge on any atom is 0.183 e.